The van der Waals surface area contributed by atoms with Crippen LogP contribution >= 0.6 is 0 Å². The third-order valence-corrected chi connectivity index (χ3v) is 7.80. The molecule has 0 aromatic carbocycles. The van der Waals surface area contributed by atoms with E-state index in [2.05, 4.69) is 25.9 Å². The van der Waals surface area contributed by atoms with Crippen molar-refractivity contribution in [1.82, 2.24) is 4.90 Å². The highest BCUT2D eigenvalue weighted by Crippen LogP contribution is 2.16. The number of unbranched alkanes of at least 4 members (excludes halogenated alkanes) is 20. The van der Waals surface area contributed by atoms with E-state index in [1.54, 1.807) is 0 Å². The minimum atomic E-state index is 0. The zero-order chi connectivity index (χ0) is 24.0. The average Bonchev–Trinajstić information content (AvgIpc) is 2.80. The van der Waals surface area contributed by atoms with Crippen molar-refractivity contribution in [2.75, 3.05) is 40.3 Å². The Balaban J connectivity index is 0.0000109. The van der Waals surface area contributed by atoms with Gasteiger partial charge in [-0.2, -0.15) is 0 Å². The van der Waals surface area contributed by atoms with Crippen molar-refractivity contribution in [2.24, 2.45) is 0 Å². The third kappa shape index (κ3) is 20.4. The first-order chi connectivity index (χ1) is 16.0. The Labute approximate surface area is 231 Å². The molecule has 0 bridgehead atoms. The van der Waals surface area contributed by atoms with Crippen molar-refractivity contribution in [3.05, 3.63) is 0 Å². The number of carbonyl (C=O) groups excluding carboxylic acids is 1. The van der Waals surface area contributed by atoms with Gasteiger partial charge >= 0.3 is 0 Å². The van der Waals surface area contributed by atoms with Gasteiger partial charge in [0.05, 0.1) is 40.3 Å². The summed E-state index contributed by atoms with van der Waals surface area (Å²) in [6, 6.07) is 0. The van der Waals surface area contributed by atoms with Crippen LogP contribution in [0.1, 0.15) is 148 Å². The molecule has 1 aliphatic rings. The SMILES string of the molecule is CCCCCCCCCCCCCCCCCCCCCCCC(=O)N1CC[N+](C)(C)CC1.[I-]. The van der Waals surface area contributed by atoms with Gasteiger partial charge in [0, 0.05) is 6.42 Å². The molecule has 4 heteroatoms. The molecule has 0 N–H and O–H groups in total. The topological polar surface area (TPSA) is 20.3 Å². The fourth-order valence-electron chi connectivity index (χ4n) is 5.12. The van der Waals surface area contributed by atoms with E-state index in [0.717, 1.165) is 43.5 Å². The molecule has 0 saturated carbocycles. The molecule has 0 aliphatic carbocycles. The highest BCUT2D eigenvalue weighted by molar-refractivity contribution is 5.76. The summed E-state index contributed by atoms with van der Waals surface area (Å²) >= 11 is 0. The van der Waals surface area contributed by atoms with E-state index < -0.39 is 0 Å². The molecule has 1 aliphatic heterocycles. The smallest absolute Gasteiger partial charge is 0.222 e. The quantitative estimate of drug-likeness (QED) is 0.0923. The predicted molar refractivity (Wildman–Crippen MR) is 146 cm³/mol. The summed E-state index contributed by atoms with van der Waals surface area (Å²) in [5, 5.41) is 0. The van der Waals surface area contributed by atoms with Crippen LogP contribution in [0.5, 0.6) is 0 Å². The Bertz CT molecular complexity index is 445. The molecule has 0 spiro atoms. The standard InChI is InChI=1S/C30H61N2O.HI/c1-4-5-6-7-8-9-10-11-12-13-14-15-16-17-18-19-20-21-22-23-24-25-30(33)31-26-28-32(2,3)29-27-31;/h4-29H2,1-3H3;1H/q+1;/p-1. The van der Waals surface area contributed by atoms with E-state index in [4.69, 9.17) is 0 Å². The van der Waals surface area contributed by atoms with Gasteiger partial charge in [-0.1, -0.05) is 135 Å². The van der Waals surface area contributed by atoms with Crippen LogP contribution in [0, 0.1) is 0 Å². The summed E-state index contributed by atoms with van der Waals surface area (Å²) in [4.78, 5) is 14.4. The van der Waals surface area contributed by atoms with Crippen LogP contribution in [0.15, 0.2) is 0 Å². The van der Waals surface area contributed by atoms with Crippen molar-refractivity contribution >= 4 is 5.91 Å². The van der Waals surface area contributed by atoms with Crippen LogP contribution in [0.2, 0.25) is 0 Å². The second kappa shape index (κ2) is 23.6. The molecule has 1 heterocycles. The Morgan fingerprint density at radius 1 is 0.559 bits per heavy atom. The minimum absolute atomic E-state index is 0. The molecule has 0 unspecified atom stereocenters. The van der Waals surface area contributed by atoms with Gasteiger partial charge in [0.2, 0.25) is 5.91 Å². The first-order valence-electron chi connectivity index (χ1n) is 15.1. The number of amides is 1. The largest absolute Gasteiger partial charge is 1.00 e. The Kier molecular flexibility index (Phi) is 23.7. The first-order valence-corrected chi connectivity index (χ1v) is 15.1. The van der Waals surface area contributed by atoms with Crippen LogP contribution in [0.4, 0.5) is 0 Å². The fourth-order valence-corrected chi connectivity index (χ4v) is 5.12. The predicted octanol–water partition coefficient (Wildman–Crippen LogP) is 5.51. The molecule has 1 saturated heterocycles. The molecule has 0 atom stereocenters. The second-order valence-electron chi connectivity index (χ2n) is 11.6. The van der Waals surface area contributed by atoms with Crippen molar-refractivity contribution in [3.63, 3.8) is 0 Å². The summed E-state index contributed by atoms with van der Waals surface area (Å²) in [6.07, 6.45) is 30.4. The van der Waals surface area contributed by atoms with E-state index in [-0.39, 0.29) is 24.0 Å². The zero-order valence-electron chi connectivity index (χ0n) is 23.6. The Morgan fingerprint density at radius 3 is 1.18 bits per heavy atom. The van der Waals surface area contributed by atoms with Gasteiger partial charge in [0.1, 0.15) is 0 Å². The molecule has 34 heavy (non-hydrogen) atoms. The molecule has 3 nitrogen and oxygen atoms in total. The van der Waals surface area contributed by atoms with Crippen molar-refractivity contribution in [3.8, 4) is 0 Å². The number of piperazine rings is 1. The van der Waals surface area contributed by atoms with E-state index in [1.807, 2.05) is 0 Å². The van der Waals surface area contributed by atoms with Crippen LogP contribution in [0.25, 0.3) is 0 Å². The van der Waals surface area contributed by atoms with Crippen molar-refractivity contribution in [2.45, 2.75) is 148 Å². The monoisotopic (exact) mass is 592 g/mol. The van der Waals surface area contributed by atoms with Crippen molar-refractivity contribution in [1.29, 1.82) is 0 Å². The summed E-state index contributed by atoms with van der Waals surface area (Å²) in [6.45, 7) is 6.40. The lowest BCUT2D eigenvalue weighted by atomic mass is 10.0. The average molecular weight is 593 g/mol. The van der Waals surface area contributed by atoms with Gasteiger partial charge in [-0.3, -0.25) is 4.79 Å². The maximum absolute atomic E-state index is 12.3. The molecule has 1 fully saturated rings. The lowest BCUT2D eigenvalue weighted by Crippen LogP contribution is -3.00. The fraction of sp³-hybridized carbons (Fsp3) is 0.967. The summed E-state index contributed by atoms with van der Waals surface area (Å²) in [5.74, 6) is 0.396. The number of hydrogen-bond acceptors (Lipinski definition) is 1. The number of hydrogen-bond donors (Lipinski definition) is 0. The molecular weight excluding hydrogens is 531 g/mol. The summed E-state index contributed by atoms with van der Waals surface area (Å²) in [7, 11) is 4.53. The highest BCUT2D eigenvalue weighted by Gasteiger charge is 2.26. The third-order valence-electron chi connectivity index (χ3n) is 7.80. The van der Waals surface area contributed by atoms with Crippen LogP contribution in [-0.4, -0.2) is 55.6 Å². The van der Waals surface area contributed by atoms with E-state index in [9.17, 15) is 4.79 Å². The second-order valence-corrected chi connectivity index (χ2v) is 11.6. The molecule has 0 radical (unpaired) electrons. The maximum atomic E-state index is 12.3. The van der Waals surface area contributed by atoms with Crippen LogP contribution in [-0.2, 0) is 4.79 Å². The van der Waals surface area contributed by atoms with Crippen LogP contribution < -0.4 is 24.0 Å². The molecule has 0 aromatic heterocycles. The van der Waals surface area contributed by atoms with Gasteiger partial charge in [0.25, 0.3) is 0 Å². The summed E-state index contributed by atoms with van der Waals surface area (Å²) < 4.78 is 1.06. The number of carbonyl (C=O) groups is 1. The lowest BCUT2D eigenvalue weighted by molar-refractivity contribution is -0.894. The van der Waals surface area contributed by atoms with E-state index in [0.29, 0.717) is 5.91 Å². The minimum Gasteiger partial charge on any atom is -1.00 e. The number of rotatable bonds is 22. The number of nitrogens with zero attached hydrogens (tertiary/aromatic N) is 2. The molecule has 0 aromatic rings. The van der Waals surface area contributed by atoms with Gasteiger partial charge in [-0.25, -0.2) is 0 Å². The number of halogens is 1. The highest BCUT2D eigenvalue weighted by atomic mass is 127. The van der Waals surface area contributed by atoms with E-state index in [1.165, 1.54) is 128 Å². The van der Waals surface area contributed by atoms with Gasteiger partial charge < -0.3 is 33.4 Å². The zero-order valence-corrected chi connectivity index (χ0v) is 25.7. The Morgan fingerprint density at radius 2 is 0.853 bits per heavy atom. The van der Waals surface area contributed by atoms with Crippen molar-refractivity contribution < 1.29 is 33.3 Å². The lowest BCUT2D eigenvalue weighted by Gasteiger charge is -2.39. The van der Waals surface area contributed by atoms with Gasteiger partial charge in [-0.05, 0) is 6.42 Å². The number of likely N-dealkylation sites (N-methyl/N-ethyl adjacent to an activating group) is 1. The normalized spacial score (nSPS) is 15.3. The molecule has 1 rings (SSSR count). The maximum Gasteiger partial charge on any atom is 0.222 e. The molecule has 1 amide bonds. The number of quaternary nitrogens is 1. The van der Waals surface area contributed by atoms with Gasteiger partial charge in [-0.15, -0.1) is 0 Å². The first kappa shape index (κ1) is 34.2. The Hall–Kier alpha value is 0.160. The molecular formula is C30H61IN2O. The van der Waals surface area contributed by atoms with Crippen LogP contribution in [0.3, 0.4) is 0 Å². The molecule has 204 valence electrons. The van der Waals surface area contributed by atoms with E-state index >= 15 is 0 Å². The van der Waals surface area contributed by atoms with Gasteiger partial charge in [0.15, 0.2) is 0 Å². The summed E-state index contributed by atoms with van der Waals surface area (Å²) in [5.41, 5.74) is 0.